The molecule has 27 heavy (non-hydrogen) atoms. The third-order valence-electron chi connectivity index (χ3n) is 4.37. The molecule has 3 rings (SSSR count). The first-order chi connectivity index (χ1) is 13.1. The minimum Gasteiger partial charge on any atom is -0.479 e. The van der Waals surface area contributed by atoms with Gasteiger partial charge in [-0.1, -0.05) is 37.3 Å². The van der Waals surface area contributed by atoms with Crippen molar-refractivity contribution in [2.45, 2.75) is 18.9 Å². The van der Waals surface area contributed by atoms with Crippen LogP contribution >= 0.6 is 0 Å². The number of carbonyl (C=O) groups excluding carboxylic acids is 2. The molecule has 1 aliphatic heterocycles. The van der Waals surface area contributed by atoms with Crippen LogP contribution in [0.2, 0.25) is 0 Å². The van der Waals surface area contributed by atoms with Crippen LogP contribution in [-0.4, -0.2) is 29.8 Å². The summed E-state index contributed by atoms with van der Waals surface area (Å²) in [5.41, 5.74) is 0.307. The first-order valence-corrected chi connectivity index (χ1v) is 8.47. The highest BCUT2D eigenvalue weighted by molar-refractivity contribution is 6.07. The smallest absolute Gasteiger partial charge is 0.346 e. The van der Waals surface area contributed by atoms with E-state index in [1.54, 1.807) is 24.3 Å². The number of amides is 3. The molecule has 3 amide bonds. The van der Waals surface area contributed by atoms with Crippen molar-refractivity contribution in [2.24, 2.45) is 5.10 Å². The van der Waals surface area contributed by atoms with E-state index in [0.717, 1.165) is 10.6 Å². The molecule has 1 heterocycles. The molecule has 0 radical (unpaired) electrons. The van der Waals surface area contributed by atoms with Crippen molar-refractivity contribution in [3.8, 4) is 11.8 Å². The van der Waals surface area contributed by atoms with Crippen molar-refractivity contribution >= 4 is 18.2 Å². The van der Waals surface area contributed by atoms with Gasteiger partial charge in [-0.2, -0.15) is 10.4 Å². The lowest BCUT2D eigenvalue weighted by Crippen LogP contribution is -2.43. The van der Waals surface area contributed by atoms with Crippen LogP contribution in [0.3, 0.4) is 0 Å². The second kappa shape index (κ2) is 7.70. The van der Waals surface area contributed by atoms with Gasteiger partial charge in [0.25, 0.3) is 5.91 Å². The SMILES string of the molecule is CC[C@@]1(c2ccccc2)NC(=O)N(/N=C\c2ccc(OCC#N)cc2)C1=O. The molecule has 1 aliphatic rings. The lowest BCUT2D eigenvalue weighted by atomic mass is 9.87. The molecule has 0 aromatic heterocycles. The van der Waals surface area contributed by atoms with Crippen molar-refractivity contribution < 1.29 is 14.3 Å². The summed E-state index contributed by atoms with van der Waals surface area (Å²) in [6.45, 7) is 1.81. The molecule has 2 aromatic rings. The maximum atomic E-state index is 12.9. The fourth-order valence-electron chi connectivity index (χ4n) is 2.92. The Morgan fingerprint density at radius 3 is 2.52 bits per heavy atom. The predicted molar refractivity (Wildman–Crippen MR) is 98.9 cm³/mol. The van der Waals surface area contributed by atoms with E-state index in [2.05, 4.69) is 10.4 Å². The van der Waals surface area contributed by atoms with Gasteiger partial charge in [0.15, 0.2) is 6.61 Å². The largest absolute Gasteiger partial charge is 0.479 e. The Kier molecular flexibility index (Phi) is 5.18. The van der Waals surface area contributed by atoms with Crippen LogP contribution in [0.25, 0.3) is 0 Å². The zero-order valence-corrected chi connectivity index (χ0v) is 14.8. The summed E-state index contributed by atoms with van der Waals surface area (Å²) in [5, 5.41) is 16.2. The molecule has 0 bridgehead atoms. The van der Waals surface area contributed by atoms with E-state index in [1.165, 1.54) is 6.21 Å². The fraction of sp³-hybridized carbons (Fsp3) is 0.200. The van der Waals surface area contributed by atoms with Crippen LogP contribution in [0, 0.1) is 11.3 Å². The van der Waals surface area contributed by atoms with E-state index in [1.807, 2.05) is 43.3 Å². The number of nitrogens with one attached hydrogen (secondary N) is 1. The molecular weight excluding hydrogens is 344 g/mol. The number of nitrogens with zero attached hydrogens (tertiary/aromatic N) is 3. The molecule has 1 saturated heterocycles. The number of urea groups is 1. The third-order valence-corrected chi connectivity index (χ3v) is 4.37. The van der Waals surface area contributed by atoms with Crippen LogP contribution in [-0.2, 0) is 10.3 Å². The molecule has 0 saturated carbocycles. The number of imide groups is 1. The Bertz CT molecular complexity index is 903. The number of hydrogen-bond donors (Lipinski definition) is 1. The first-order valence-electron chi connectivity index (χ1n) is 8.47. The number of rotatable bonds is 6. The van der Waals surface area contributed by atoms with Crippen LogP contribution in [0.1, 0.15) is 24.5 Å². The van der Waals surface area contributed by atoms with Crippen molar-refractivity contribution in [2.75, 3.05) is 6.61 Å². The number of carbonyl (C=O) groups is 2. The van der Waals surface area contributed by atoms with Crippen LogP contribution in [0.5, 0.6) is 5.75 Å². The quantitative estimate of drug-likeness (QED) is 0.631. The van der Waals surface area contributed by atoms with Crippen LogP contribution in [0.4, 0.5) is 4.79 Å². The highest BCUT2D eigenvalue weighted by atomic mass is 16.5. The molecule has 0 spiro atoms. The van der Waals surface area contributed by atoms with Gasteiger partial charge in [0.05, 0.1) is 6.21 Å². The van der Waals surface area contributed by atoms with Crippen molar-refractivity contribution in [3.63, 3.8) is 0 Å². The third kappa shape index (κ3) is 3.51. The van der Waals surface area contributed by atoms with Gasteiger partial charge in [-0.25, -0.2) is 4.79 Å². The molecule has 1 N–H and O–H groups in total. The average molecular weight is 362 g/mol. The number of nitriles is 1. The highest BCUT2D eigenvalue weighted by Gasteiger charge is 2.51. The maximum absolute atomic E-state index is 12.9. The zero-order chi connectivity index (χ0) is 19.3. The molecule has 0 unspecified atom stereocenters. The second-order valence-electron chi connectivity index (χ2n) is 5.93. The molecule has 2 aromatic carbocycles. The molecule has 1 atom stereocenters. The summed E-state index contributed by atoms with van der Waals surface area (Å²) in [6.07, 6.45) is 1.85. The summed E-state index contributed by atoms with van der Waals surface area (Å²) < 4.78 is 5.18. The fourth-order valence-corrected chi connectivity index (χ4v) is 2.92. The normalized spacial score (nSPS) is 19.2. The van der Waals surface area contributed by atoms with Crippen molar-refractivity contribution in [1.82, 2.24) is 10.3 Å². The Morgan fingerprint density at radius 2 is 1.89 bits per heavy atom. The van der Waals surface area contributed by atoms with Gasteiger partial charge < -0.3 is 10.1 Å². The predicted octanol–water partition coefficient (Wildman–Crippen LogP) is 2.78. The lowest BCUT2D eigenvalue weighted by Gasteiger charge is -2.24. The topological polar surface area (TPSA) is 94.8 Å². The van der Waals surface area contributed by atoms with Gasteiger partial charge in [-0.15, -0.1) is 5.01 Å². The number of hydrazone groups is 1. The van der Waals surface area contributed by atoms with E-state index in [0.29, 0.717) is 17.7 Å². The maximum Gasteiger partial charge on any atom is 0.346 e. The standard InChI is InChI=1S/C20H18N4O3/c1-2-20(16-6-4-3-5-7-16)18(25)24(19(26)23-20)22-14-15-8-10-17(11-9-15)27-13-12-21/h3-11,14H,2,13H2,1H3,(H,23,26)/b22-14-/t20-/m0/s1. The second-order valence-corrected chi connectivity index (χ2v) is 5.93. The number of hydrogen-bond acceptors (Lipinski definition) is 5. The molecule has 136 valence electrons. The molecule has 1 fully saturated rings. The highest BCUT2D eigenvalue weighted by Crippen LogP contribution is 2.32. The van der Waals surface area contributed by atoms with Gasteiger partial charge in [0.2, 0.25) is 0 Å². The summed E-state index contributed by atoms with van der Waals surface area (Å²) in [6, 6.07) is 17.3. The lowest BCUT2D eigenvalue weighted by molar-refractivity contribution is -0.131. The van der Waals surface area contributed by atoms with Gasteiger partial charge in [-0.3, -0.25) is 4.79 Å². The molecule has 0 aliphatic carbocycles. The summed E-state index contributed by atoms with van der Waals surface area (Å²) in [5.74, 6) is 0.143. The zero-order valence-electron chi connectivity index (χ0n) is 14.8. The molecule has 7 heteroatoms. The molecular formula is C20H18N4O3. The number of benzene rings is 2. The minimum absolute atomic E-state index is 0.0333. The average Bonchev–Trinajstić information content (AvgIpc) is 2.96. The Morgan fingerprint density at radius 1 is 1.19 bits per heavy atom. The number of ether oxygens (including phenoxy) is 1. The van der Waals surface area contributed by atoms with E-state index < -0.39 is 17.5 Å². The van der Waals surface area contributed by atoms with Crippen LogP contribution < -0.4 is 10.1 Å². The van der Waals surface area contributed by atoms with E-state index in [4.69, 9.17) is 10.00 Å². The first kappa shape index (κ1) is 18.1. The minimum atomic E-state index is -1.11. The summed E-state index contributed by atoms with van der Waals surface area (Å²) in [4.78, 5) is 25.3. The van der Waals surface area contributed by atoms with Crippen LogP contribution in [0.15, 0.2) is 59.7 Å². The Labute approximate surface area is 156 Å². The van der Waals surface area contributed by atoms with Gasteiger partial charge in [0, 0.05) is 0 Å². The van der Waals surface area contributed by atoms with E-state index in [-0.39, 0.29) is 6.61 Å². The monoisotopic (exact) mass is 362 g/mol. The van der Waals surface area contributed by atoms with Gasteiger partial charge >= 0.3 is 6.03 Å². The van der Waals surface area contributed by atoms with Crippen molar-refractivity contribution in [3.05, 3.63) is 65.7 Å². The van der Waals surface area contributed by atoms with Gasteiger partial charge in [-0.05, 0) is 41.8 Å². The van der Waals surface area contributed by atoms with Gasteiger partial charge in [0.1, 0.15) is 17.4 Å². The Balaban J connectivity index is 1.79. The van der Waals surface area contributed by atoms with E-state index in [9.17, 15) is 9.59 Å². The Hall–Kier alpha value is -3.66. The summed E-state index contributed by atoms with van der Waals surface area (Å²) >= 11 is 0. The van der Waals surface area contributed by atoms with E-state index >= 15 is 0 Å². The summed E-state index contributed by atoms with van der Waals surface area (Å²) in [7, 11) is 0. The van der Waals surface area contributed by atoms with Crippen molar-refractivity contribution in [1.29, 1.82) is 5.26 Å². The molecule has 7 nitrogen and oxygen atoms in total.